The van der Waals surface area contributed by atoms with Crippen LogP contribution in [0.1, 0.15) is 46.5 Å². The maximum atomic E-state index is 3.69. The Balaban J connectivity index is 1.94. The summed E-state index contributed by atoms with van der Waals surface area (Å²) in [7, 11) is 0. The highest BCUT2D eigenvalue weighted by atomic mass is 15.1. The molecule has 1 aliphatic carbocycles. The molecule has 1 fully saturated rings. The lowest BCUT2D eigenvalue weighted by Gasteiger charge is -2.28. The minimum absolute atomic E-state index is 0.669. The van der Waals surface area contributed by atoms with Crippen molar-refractivity contribution in [2.75, 3.05) is 23.3 Å². The first-order valence-electron chi connectivity index (χ1n) is 7.84. The predicted octanol–water partition coefficient (Wildman–Crippen LogP) is 4.52. The van der Waals surface area contributed by atoms with E-state index in [1.54, 1.807) is 0 Å². The van der Waals surface area contributed by atoms with Gasteiger partial charge in [-0.2, -0.15) is 0 Å². The fourth-order valence-corrected chi connectivity index (χ4v) is 3.16. The molecule has 0 aliphatic heterocycles. The normalized spacial score (nSPS) is 23.1. The van der Waals surface area contributed by atoms with Gasteiger partial charge in [-0.15, -0.1) is 0 Å². The first-order valence-corrected chi connectivity index (χ1v) is 7.84. The summed E-state index contributed by atoms with van der Waals surface area (Å²) in [6.45, 7) is 8.93. The molecule has 1 N–H and O–H groups in total. The zero-order valence-corrected chi connectivity index (χ0v) is 12.7. The molecule has 1 aromatic carbocycles. The van der Waals surface area contributed by atoms with Gasteiger partial charge in [-0.1, -0.05) is 19.8 Å². The van der Waals surface area contributed by atoms with Crippen molar-refractivity contribution in [2.24, 2.45) is 5.92 Å². The Morgan fingerprint density at radius 1 is 1.11 bits per heavy atom. The average molecular weight is 260 g/mol. The molecule has 1 saturated carbocycles. The van der Waals surface area contributed by atoms with E-state index in [0.717, 1.165) is 19.0 Å². The number of rotatable bonds is 5. The molecule has 106 valence electrons. The molecule has 0 aromatic heterocycles. The molecule has 1 aromatic rings. The van der Waals surface area contributed by atoms with Crippen LogP contribution in [0.25, 0.3) is 0 Å². The molecule has 19 heavy (non-hydrogen) atoms. The summed E-state index contributed by atoms with van der Waals surface area (Å²) < 4.78 is 0. The molecule has 2 atom stereocenters. The summed E-state index contributed by atoms with van der Waals surface area (Å²) in [5.41, 5.74) is 2.60. The molecular weight excluding hydrogens is 232 g/mol. The van der Waals surface area contributed by atoms with Gasteiger partial charge in [0.15, 0.2) is 0 Å². The topological polar surface area (TPSA) is 15.3 Å². The lowest BCUT2D eigenvalue weighted by atomic mass is 9.87. The van der Waals surface area contributed by atoms with Gasteiger partial charge in [0.05, 0.1) is 0 Å². The van der Waals surface area contributed by atoms with E-state index in [1.807, 2.05) is 0 Å². The molecule has 1 aliphatic rings. The molecule has 2 unspecified atom stereocenters. The van der Waals surface area contributed by atoms with E-state index < -0.39 is 0 Å². The SMILES string of the molecule is CCN(CC)c1ccc(NC2CCCC(C)C2)cc1. The minimum Gasteiger partial charge on any atom is -0.382 e. The number of anilines is 2. The molecule has 0 saturated heterocycles. The highest BCUT2D eigenvalue weighted by Crippen LogP contribution is 2.27. The van der Waals surface area contributed by atoms with Gasteiger partial charge in [-0.25, -0.2) is 0 Å². The molecular formula is C17H28N2. The second kappa shape index (κ2) is 6.83. The maximum absolute atomic E-state index is 3.69. The van der Waals surface area contributed by atoms with Crippen molar-refractivity contribution >= 4 is 11.4 Å². The summed E-state index contributed by atoms with van der Waals surface area (Å²) in [6.07, 6.45) is 5.41. The van der Waals surface area contributed by atoms with Gasteiger partial charge in [0.1, 0.15) is 0 Å². The molecule has 2 rings (SSSR count). The Bertz CT molecular complexity index is 367. The van der Waals surface area contributed by atoms with Gasteiger partial charge in [0.2, 0.25) is 0 Å². The monoisotopic (exact) mass is 260 g/mol. The molecule has 2 nitrogen and oxygen atoms in total. The second-order valence-electron chi connectivity index (χ2n) is 5.83. The van der Waals surface area contributed by atoms with E-state index in [4.69, 9.17) is 0 Å². The highest BCUT2D eigenvalue weighted by Gasteiger charge is 2.18. The van der Waals surface area contributed by atoms with Gasteiger partial charge in [-0.05, 0) is 56.9 Å². The van der Waals surface area contributed by atoms with Crippen molar-refractivity contribution in [1.29, 1.82) is 0 Å². The Morgan fingerprint density at radius 3 is 2.37 bits per heavy atom. The third-order valence-electron chi connectivity index (χ3n) is 4.30. The van der Waals surface area contributed by atoms with Crippen LogP contribution in [0.15, 0.2) is 24.3 Å². The maximum Gasteiger partial charge on any atom is 0.0367 e. The third-order valence-corrected chi connectivity index (χ3v) is 4.30. The summed E-state index contributed by atoms with van der Waals surface area (Å²) in [6, 6.07) is 9.60. The van der Waals surface area contributed by atoms with E-state index >= 15 is 0 Å². The van der Waals surface area contributed by atoms with E-state index in [9.17, 15) is 0 Å². The molecule has 0 radical (unpaired) electrons. The Morgan fingerprint density at radius 2 is 1.79 bits per heavy atom. The van der Waals surface area contributed by atoms with Gasteiger partial charge in [0.25, 0.3) is 0 Å². The standard InChI is InChI=1S/C17H28N2/c1-4-19(5-2)17-11-9-15(10-12-17)18-16-8-6-7-14(3)13-16/h9-12,14,16,18H,4-8,13H2,1-3H3. The molecule has 0 spiro atoms. The van der Waals surface area contributed by atoms with Crippen LogP contribution in [0.2, 0.25) is 0 Å². The second-order valence-corrected chi connectivity index (χ2v) is 5.83. The lowest BCUT2D eigenvalue weighted by Crippen LogP contribution is -2.26. The van der Waals surface area contributed by atoms with Crippen molar-refractivity contribution in [3.05, 3.63) is 24.3 Å². The van der Waals surface area contributed by atoms with Crippen LogP contribution in [0, 0.1) is 5.92 Å². The first-order chi connectivity index (χ1) is 9.22. The summed E-state index contributed by atoms with van der Waals surface area (Å²) >= 11 is 0. The van der Waals surface area contributed by atoms with Crippen molar-refractivity contribution in [2.45, 2.75) is 52.5 Å². The Kier molecular flexibility index (Phi) is 5.12. The van der Waals surface area contributed by atoms with E-state index in [2.05, 4.69) is 55.3 Å². The van der Waals surface area contributed by atoms with Crippen LogP contribution >= 0.6 is 0 Å². The van der Waals surface area contributed by atoms with Crippen LogP contribution in [0.4, 0.5) is 11.4 Å². The zero-order chi connectivity index (χ0) is 13.7. The average Bonchev–Trinajstić information content (AvgIpc) is 2.42. The Labute approximate surface area is 118 Å². The molecule has 0 amide bonds. The molecule has 0 bridgehead atoms. The zero-order valence-electron chi connectivity index (χ0n) is 12.7. The fraction of sp³-hybridized carbons (Fsp3) is 0.647. The summed E-state index contributed by atoms with van der Waals surface area (Å²) in [5, 5.41) is 3.69. The van der Waals surface area contributed by atoms with Crippen LogP contribution in [0.3, 0.4) is 0 Å². The van der Waals surface area contributed by atoms with E-state index in [1.165, 1.54) is 37.1 Å². The summed E-state index contributed by atoms with van der Waals surface area (Å²) in [4.78, 5) is 2.38. The number of hydrogen-bond donors (Lipinski definition) is 1. The van der Waals surface area contributed by atoms with Crippen molar-refractivity contribution in [1.82, 2.24) is 0 Å². The van der Waals surface area contributed by atoms with Crippen LogP contribution in [-0.2, 0) is 0 Å². The predicted molar refractivity (Wildman–Crippen MR) is 85.0 cm³/mol. The fourth-order valence-electron chi connectivity index (χ4n) is 3.16. The summed E-state index contributed by atoms with van der Waals surface area (Å²) in [5.74, 6) is 0.876. The van der Waals surface area contributed by atoms with Gasteiger partial charge < -0.3 is 10.2 Å². The lowest BCUT2D eigenvalue weighted by molar-refractivity contribution is 0.358. The number of nitrogens with one attached hydrogen (secondary N) is 1. The van der Waals surface area contributed by atoms with Crippen LogP contribution < -0.4 is 10.2 Å². The number of benzene rings is 1. The van der Waals surface area contributed by atoms with E-state index in [-0.39, 0.29) is 0 Å². The van der Waals surface area contributed by atoms with Crippen LogP contribution in [0.5, 0.6) is 0 Å². The van der Waals surface area contributed by atoms with Crippen molar-refractivity contribution in [3.63, 3.8) is 0 Å². The van der Waals surface area contributed by atoms with Gasteiger partial charge in [0, 0.05) is 30.5 Å². The van der Waals surface area contributed by atoms with E-state index in [0.29, 0.717) is 6.04 Å². The first kappa shape index (κ1) is 14.2. The van der Waals surface area contributed by atoms with Crippen molar-refractivity contribution in [3.8, 4) is 0 Å². The van der Waals surface area contributed by atoms with Gasteiger partial charge >= 0.3 is 0 Å². The molecule has 0 heterocycles. The highest BCUT2D eigenvalue weighted by molar-refractivity contribution is 5.55. The third kappa shape index (κ3) is 3.89. The Hall–Kier alpha value is -1.18. The molecule has 2 heteroatoms. The largest absolute Gasteiger partial charge is 0.382 e. The smallest absolute Gasteiger partial charge is 0.0367 e. The quantitative estimate of drug-likeness (QED) is 0.837. The minimum atomic E-state index is 0.669. The van der Waals surface area contributed by atoms with Gasteiger partial charge in [-0.3, -0.25) is 0 Å². The number of hydrogen-bond acceptors (Lipinski definition) is 2. The van der Waals surface area contributed by atoms with Crippen LogP contribution in [-0.4, -0.2) is 19.1 Å². The van der Waals surface area contributed by atoms with Crippen molar-refractivity contribution < 1.29 is 0 Å². The number of nitrogens with zero attached hydrogens (tertiary/aromatic N) is 1.